The third-order valence-corrected chi connectivity index (χ3v) is 11.2. The second-order valence-electron chi connectivity index (χ2n) is 14.7. The number of hydrogen-bond donors (Lipinski definition) is 6. The second-order valence-corrected chi connectivity index (χ2v) is 14.7. The molecule has 1 saturated carbocycles. The molecule has 2 aliphatic heterocycles. The van der Waals surface area contributed by atoms with E-state index in [1.807, 2.05) is 88.4 Å². The van der Waals surface area contributed by atoms with Gasteiger partial charge in [-0.1, -0.05) is 76.2 Å². The van der Waals surface area contributed by atoms with Crippen LogP contribution in [0.5, 0.6) is 0 Å². The Labute approximate surface area is 279 Å². The van der Waals surface area contributed by atoms with Crippen LogP contribution in [0.2, 0.25) is 0 Å². The van der Waals surface area contributed by atoms with Crippen LogP contribution in [-0.4, -0.2) is 56.8 Å². The van der Waals surface area contributed by atoms with Crippen LogP contribution in [0, 0.1) is 0 Å². The normalized spacial score (nSPS) is 29.0. The quantitative estimate of drug-likeness (QED) is 0.174. The van der Waals surface area contributed by atoms with Gasteiger partial charge in [0.25, 0.3) is 0 Å². The maximum absolute atomic E-state index is 14.8. The molecular weight excluding hydrogens is 604 g/mol. The molecule has 10 heteroatoms. The first kappa shape index (κ1) is 31.5. The number of amides is 4. The molecule has 2 aromatic carbocycles. The third kappa shape index (κ3) is 3.85. The summed E-state index contributed by atoms with van der Waals surface area (Å²) in [6.07, 6.45) is 3.68. The van der Waals surface area contributed by atoms with Crippen molar-refractivity contribution in [2.75, 3.05) is 0 Å². The van der Waals surface area contributed by atoms with Crippen molar-refractivity contribution < 1.29 is 19.2 Å². The number of fused-ring (bicyclic) bond motifs is 3. The lowest BCUT2D eigenvalue weighted by molar-refractivity contribution is -0.172. The fourth-order valence-electron chi connectivity index (χ4n) is 8.32. The van der Waals surface area contributed by atoms with Gasteiger partial charge in [0, 0.05) is 55.9 Å². The Hall–Kier alpha value is -5.12. The fourth-order valence-corrected chi connectivity index (χ4v) is 8.32. The molecule has 48 heavy (non-hydrogen) atoms. The number of para-hydroxylation sites is 2. The van der Waals surface area contributed by atoms with Gasteiger partial charge < -0.3 is 31.2 Å². The molecule has 6 atom stereocenters. The molecule has 10 nitrogen and oxygen atoms in total. The summed E-state index contributed by atoms with van der Waals surface area (Å²) in [7, 11) is 0. The molecule has 1 aliphatic carbocycles. The number of carbonyl (C=O) groups excluding carboxylic acids is 4. The van der Waals surface area contributed by atoms with E-state index in [0.717, 1.165) is 44.3 Å². The largest absolute Gasteiger partial charge is 0.357 e. The molecule has 0 bridgehead atoms. The SMILES string of the molecule is C=CC(C)(C)c1[nH]c2ccccc2c1[C@H]1[C@H](c2c(C(C)(C)C=C)[nH]c3ccccc23)[C@]2(NC(=O)[C@@H](C)NC2=O)[C@@]12NC(=O)[C@@H](C)NC2=O. The van der Waals surface area contributed by atoms with E-state index in [9.17, 15) is 19.2 Å². The number of benzene rings is 2. The van der Waals surface area contributed by atoms with E-state index in [4.69, 9.17) is 0 Å². The summed E-state index contributed by atoms with van der Waals surface area (Å²) in [5.41, 5.74) is -0.276. The lowest BCUT2D eigenvalue weighted by Gasteiger charge is -2.69. The molecule has 7 rings (SSSR count). The Morgan fingerprint density at radius 2 is 0.979 bits per heavy atom. The molecule has 2 saturated heterocycles. The maximum atomic E-state index is 14.8. The molecule has 4 heterocycles. The van der Waals surface area contributed by atoms with Gasteiger partial charge >= 0.3 is 0 Å². The minimum Gasteiger partial charge on any atom is -0.357 e. The average Bonchev–Trinajstić information content (AvgIpc) is 3.63. The smallest absolute Gasteiger partial charge is 0.250 e. The zero-order valence-electron chi connectivity index (χ0n) is 28.1. The highest BCUT2D eigenvalue weighted by atomic mass is 16.2. The summed E-state index contributed by atoms with van der Waals surface area (Å²) < 4.78 is 0. The van der Waals surface area contributed by atoms with Crippen molar-refractivity contribution in [1.29, 1.82) is 0 Å². The summed E-state index contributed by atoms with van der Waals surface area (Å²) in [6, 6.07) is 13.9. The van der Waals surface area contributed by atoms with Gasteiger partial charge in [0.1, 0.15) is 12.1 Å². The van der Waals surface area contributed by atoms with Gasteiger partial charge in [-0.3, -0.25) is 19.2 Å². The summed E-state index contributed by atoms with van der Waals surface area (Å²) >= 11 is 0. The third-order valence-electron chi connectivity index (χ3n) is 11.2. The summed E-state index contributed by atoms with van der Waals surface area (Å²) in [5, 5.41) is 13.6. The van der Waals surface area contributed by atoms with Crippen molar-refractivity contribution >= 4 is 45.4 Å². The Kier molecular flexibility index (Phi) is 6.68. The van der Waals surface area contributed by atoms with Crippen LogP contribution >= 0.6 is 0 Å². The van der Waals surface area contributed by atoms with E-state index in [2.05, 4.69) is 44.4 Å². The first-order chi connectivity index (χ1) is 22.7. The maximum Gasteiger partial charge on any atom is 0.250 e. The van der Waals surface area contributed by atoms with E-state index in [-0.39, 0.29) is 0 Å². The van der Waals surface area contributed by atoms with E-state index in [1.54, 1.807) is 13.8 Å². The molecule has 4 aromatic rings. The number of hydrogen-bond acceptors (Lipinski definition) is 4. The Balaban J connectivity index is 1.68. The summed E-state index contributed by atoms with van der Waals surface area (Å²) in [4.78, 5) is 64.5. The molecule has 248 valence electrons. The van der Waals surface area contributed by atoms with Crippen LogP contribution in [-0.2, 0) is 30.0 Å². The Morgan fingerprint density at radius 1 is 0.625 bits per heavy atom. The standard InChI is InChI=1S/C38H42N6O4/c1-9-35(5,6)29-25(21-15-11-13-17-23(21)41-29)27-28(26-22-16-12-14-18-24(22)42-30(26)36(7,8)10-2)38(34(48)40-20(4)32(46)44-38)37(27)33(47)39-19(3)31(45)43-37/h9-20,27-28,41-42H,1-2H2,3-8H3,(H,39,47)(H,40,48)(H,43,45)(H,44,46)/t19-,20-,27+,28+,37-,38-/m1/s1. The van der Waals surface area contributed by atoms with Gasteiger partial charge in [-0.05, 0) is 37.1 Å². The number of allylic oxidation sites excluding steroid dienone is 2. The predicted octanol–water partition coefficient (Wildman–Crippen LogP) is 4.20. The first-order valence-corrected chi connectivity index (χ1v) is 16.4. The topological polar surface area (TPSA) is 148 Å². The summed E-state index contributed by atoms with van der Waals surface area (Å²) in [6.45, 7) is 19.6. The predicted molar refractivity (Wildman–Crippen MR) is 185 cm³/mol. The Morgan fingerprint density at radius 3 is 1.33 bits per heavy atom. The van der Waals surface area contributed by atoms with Gasteiger partial charge in [0.2, 0.25) is 23.6 Å². The second kappa shape index (κ2) is 10.2. The fraction of sp³-hybridized carbons (Fsp3) is 0.368. The van der Waals surface area contributed by atoms with Gasteiger partial charge in [-0.15, -0.1) is 13.2 Å². The van der Waals surface area contributed by atoms with E-state index >= 15 is 0 Å². The van der Waals surface area contributed by atoms with Crippen molar-refractivity contribution in [3.8, 4) is 0 Å². The van der Waals surface area contributed by atoms with E-state index in [1.165, 1.54) is 0 Å². The molecule has 2 spiro atoms. The average molecular weight is 647 g/mol. The molecule has 0 radical (unpaired) electrons. The number of aromatic nitrogens is 2. The van der Waals surface area contributed by atoms with Gasteiger partial charge in [-0.2, -0.15) is 0 Å². The first-order valence-electron chi connectivity index (χ1n) is 16.4. The molecule has 2 aromatic heterocycles. The minimum atomic E-state index is -1.91. The molecule has 6 N–H and O–H groups in total. The van der Waals surface area contributed by atoms with Crippen molar-refractivity contribution in [3.63, 3.8) is 0 Å². The van der Waals surface area contributed by atoms with Crippen molar-refractivity contribution in [2.24, 2.45) is 0 Å². The van der Waals surface area contributed by atoms with Gasteiger partial charge in [0.05, 0.1) is 0 Å². The van der Waals surface area contributed by atoms with Crippen LogP contribution in [0.25, 0.3) is 21.8 Å². The van der Waals surface area contributed by atoms with Crippen LogP contribution in [0.3, 0.4) is 0 Å². The highest BCUT2D eigenvalue weighted by Crippen LogP contribution is 2.67. The number of H-pyrrole nitrogens is 2. The number of nitrogens with one attached hydrogen (secondary N) is 6. The van der Waals surface area contributed by atoms with Gasteiger partial charge in [0.15, 0.2) is 11.1 Å². The van der Waals surface area contributed by atoms with Crippen LogP contribution in [0.4, 0.5) is 0 Å². The van der Waals surface area contributed by atoms with Crippen molar-refractivity contribution in [1.82, 2.24) is 31.2 Å². The Bertz CT molecular complexity index is 1940. The zero-order valence-corrected chi connectivity index (χ0v) is 28.1. The molecule has 4 amide bonds. The van der Waals surface area contributed by atoms with Crippen LogP contribution < -0.4 is 21.3 Å². The molecule has 3 aliphatic rings. The molecule has 0 unspecified atom stereocenters. The lowest BCUT2D eigenvalue weighted by Crippen LogP contribution is -2.96. The lowest BCUT2D eigenvalue weighted by atomic mass is 9.40. The molecule has 3 fully saturated rings. The highest BCUT2D eigenvalue weighted by Gasteiger charge is 2.83. The van der Waals surface area contributed by atoms with Crippen LogP contribution in [0.15, 0.2) is 73.8 Å². The number of piperazine rings is 2. The number of rotatable bonds is 6. The van der Waals surface area contributed by atoms with E-state index < -0.39 is 69.5 Å². The van der Waals surface area contributed by atoms with Crippen molar-refractivity contribution in [3.05, 3.63) is 96.4 Å². The number of carbonyl (C=O) groups is 4. The van der Waals surface area contributed by atoms with Gasteiger partial charge in [-0.25, -0.2) is 0 Å². The zero-order chi connectivity index (χ0) is 34.6. The molecular formula is C38H42N6O4. The highest BCUT2D eigenvalue weighted by molar-refractivity contribution is 6.15. The van der Waals surface area contributed by atoms with E-state index in [0.29, 0.717) is 0 Å². The van der Waals surface area contributed by atoms with Crippen molar-refractivity contribution in [2.45, 2.75) is 87.4 Å². The van der Waals surface area contributed by atoms with Crippen LogP contribution in [0.1, 0.15) is 75.9 Å². The minimum absolute atomic E-state index is 0.451. The number of aromatic amines is 2. The summed E-state index contributed by atoms with van der Waals surface area (Å²) in [5.74, 6) is -3.66. The monoisotopic (exact) mass is 646 g/mol.